The van der Waals surface area contributed by atoms with Crippen LogP contribution in [0.3, 0.4) is 0 Å². The highest BCUT2D eigenvalue weighted by atomic mass is 16.1. The van der Waals surface area contributed by atoms with Crippen LogP contribution < -0.4 is 11.3 Å². The van der Waals surface area contributed by atoms with E-state index in [9.17, 15) is 4.79 Å². The van der Waals surface area contributed by atoms with Crippen molar-refractivity contribution in [2.24, 2.45) is 0 Å². The Kier molecular flexibility index (Phi) is 4.61. The smallest absolute Gasteiger partial charge is 0.250 e. The molecule has 0 aliphatic carbocycles. The zero-order valence-electron chi connectivity index (χ0n) is 11.9. The molecule has 1 saturated heterocycles. The van der Waals surface area contributed by atoms with Gasteiger partial charge in [-0.3, -0.25) is 4.79 Å². The van der Waals surface area contributed by atoms with E-state index in [4.69, 9.17) is 5.73 Å². The molecule has 19 heavy (non-hydrogen) atoms. The standard InChI is InChI=1S/C14H24N4O/c1-16(11-13-4-3-7-17(13)2)8-9-18-10-12(15)5-6-14(18)19/h5-6,10,13H,3-4,7-9,11,15H2,1-2H3. The van der Waals surface area contributed by atoms with E-state index in [2.05, 4.69) is 23.9 Å². The Hall–Kier alpha value is -1.33. The van der Waals surface area contributed by atoms with E-state index >= 15 is 0 Å². The number of anilines is 1. The minimum absolute atomic E-state index is 0.0144. The first-order valence-electron chi connectivity index (χ1n) is 6.91. The first-order valence-corrected chi connectivity index (χ1v) is 6.91. The van der Waals surface area contributed by atoms with Crippen LogP contribution in [-0.4, -0.2) is 54.1 Å². The molecule has 1 aromatic rings. The summed E-state index contributed by atoms with van der Waals surface area (Å²) in [6.45, 7) is 3.82. The van der Waals surface area contributed by atoms with Gasteiger partial charge in [-0.05, 0) is 39.5 Å². The molecular formula is C14H24N4O. The number of likely N-dealkylation sites (N-methyl/N-ethyl adjacent to an activating group) is 2. The van der Waals surface area contributed by atoms with Crippen LogP contribution in [0.1, 0.15) is 12.8 Å². The van der Waals surface area contributed by atoms with Gasteiger partial charge in [-0.1, -0.05) is 0 Å². The summed E-state index contributed by atoms with van der Waals surface area (Å²) in [6.07, 6.45) is 4.29. The molecule has 1 aliphatic heterocycles. The van der Waals surface area contributed by atoms with E-state index in [0.29, 0.717) is 18.3 Å². The zero-order valence-corrected chi connectivity index (χ0v) is 11.9. The molecule has 1 aliphatic rings. The fraction of sp³-hybridized carbons (Fsp3) is 0.643. The van der Waals surface area contributed by atoms with Crippen LogP contribution in [-0.2, 0) is 6.54 Å². The van der Waals surface area contributed by atoms with Gasteiger partial charge in [0.15, 0.2) is 0 Å². The molecule has 106 valence electrons. The third kappa shape index (κ3) is 3.81. The van der Waals surface area contributed by atoms with Crippen LogP contribution in [0.5, 0.6) is 0 Å². The Balaban J connectivity index is 1.84. The molecule has 2 rings (SSSR count). The van der Waals surface area contributed by atoms with Gasteiger partial charge in [0.05, 0.1) is 0 Å². The summed E-state index contributed by atoms with van der Waals surface area (Å²) in [5.74, 6) is 0. The number of rotatable bonds is 5. The largest absolute Gasteiger partial charge is 0.398 e. The number of nitrogens with two attached hydrogens (primary N) is 1. The van der Waals surface area contributed by atoms with Crippen LogP contribution in [0, 0.1) is 0 Å². The number of likely N-dealkylation sites (tertiary alicyclic amines) is 1. The summed E-state index contributed by atoms with van der Waals surface area (Å²) in [5, 5.41) is 0. The van der Waals surface area contributed by atoms with Crippen LogP contribution >= 0.6 is 0 Å². The van der Waals surface area contributed by atoms with Gasteiger partial charge >= 0.3 is 0 Å². The van der Waals surface area contributed by atoms with E-state index in [1.807, 2.05) is 0 Å². The number of hydrogen-bond donors (Lipinski definition) is 1. The Labute approximate surface area is 114 Å². The molecule has 1 aromatic heterocycles. The van der Waals surface area contributed by atoms with E-state index < -0.39 is 0 Å². The van der Waals surface area contributed by atoms with Gasteiger partial charge < -0.3 is 20.1 Å². The van der Waals surface area contributed by atoms with Gasteiger partial charge in [0.2, 0.25) is 0 Å². The minimum atomic E-state index is 0.0144. The van der Waals surface area contributed by atoms with Crippen molar-refractivity contribution in [1.29, 1.82) is 0 Å². The van der Waals surface area contributed by atoms with Crippen molar-refractivity contribution in [1.82, 2.24) is 14.4 Å². The van der Waals surface area contributed by atoms with Crippen molar-refractivity contribution in [2.45, 2.75) is 25.4 Å². The minimum Gasteiger partial charge on any atom is -0.398 e. The quantitative estimate of drug-likeness (QED) is 0.839. The molecule has 0 spiro atoms. The number of nitrogen functional groups attached to an aromatic ring is 1. The Morgan fingerprint density at radius 2 is 2.26 bits per heavy atom. The highest BCUT2D eigenvalue weighted by molar-refractivity contribution is 5.33. The van der Waals surface area contributed by atoms with E-state index in [1.54, 1.807) is 16.8 Å². The molecule has 0 radical (unpaired) electrons. The zero-order chi connectivity index (χ0) is 13.8. The third-order valence-corrected chi connectivity index (χ3v) is 3.92. The van der Waals surface area contributed by atoms with Crippen molar-refractivity contribution < 1.29 is 0 Å². The van der Waals surface area contributed by atoms with Gasteiger partial charge in [0.1, 0.15) is 0 Å². The average molecular weight is 264 g/mol. The predicted molar refractivity (Wildman–Crippen MR) is 78.3 cm³/mol. The van der Waals surface area contributed by atoms with Gasteiger partial charge in [-0.15, -0.1) is 0 Å². The molecular weight excluding hydrogens is 240 g/mol. The summed E-state index contributed by atoms with van der Waals surface area (Å²) >= 11 is 0. The first-order chi connectivity index (χ1) is 9.06. The Morgan fingerprint density at radius 1 is 1.47 bits per heavy atom. The second kappa shape index (κ2) is 6.21. The Bertz CT molecular complexity index is 471. The molecule has 2 heterocycles. The average Bonchev–Trinajstić information content (AvgIpc) is 2.76. The third-order valence-electron chi connectivity index (χ3n) is 3.92. The van der Waals surface area contributed by atoms with E-state index in [1.165, 1.54) is 25.5 Å². The fourth-order valence-corrected chi connectivity index (χ4v) is 2.66. The van der Waals surface area contributed by atoms with Gasteiger partial charge in [-0.2, -0.15) is 0 Å². The summed E-state index contributed by atoms with van der Waals surface area (Å²) in [7, 11) is 4.30. The van der Waals surface area contributed by atoms with Crippen LogP contribution in [0.4, 0.5) is 5.69 Å². The molecule has 1 fully saturated rings. The molecule has 0 aromatic carbocycles. The first kappa shape index (κ1) is 14.1. The molecule has 0 bridgehead atoms. The summed E-state index contributed by atoms with van der Waals surface area (Å²) in [5.41, 5.74) is 6.36. The lowest BCUT2D eigenvalue weighted by atomic mass is 10.2. The highest BCUT2D eigenvalue weighted by Gasteiger charge is 2.21. The van der Waals surface area contributed by atoms with E-state index in [-0.39, 0.29) is 5.56 Å². The molecule has 5 nitrogen and oxygen atoms in total. The monoisotopic (exact) mass is 264 g/mol. The number of aromatic nitrogens is 1. The summed E-state index contributed by atoms with van der Waals surface area (Å²) in [4.78, 5) is 16.4. The summed E-state index contributed by atoms with van der Waals surface area (Å²) in [6, 6.07) is 3.83. The number of nitrogens with zero attached hydrogens (tertiary/aromatic N) is 3. The van der Waals surface area contributed by atoms with Crippen LogP contribution in [0.2, 0.25) is 0 Å². The van der Waals surface area contributed by atoms with Crippen molar-refractivity contribution in [3.05, 3.63) is 28.7 Å². The predicted octanol–water partition coefficient (Wildman–Crippen LogP) is 0.457. The lowest BCUT2D eigenvalue weighted by Gasteiger charge is -2.25. The summed E-state index contributed by atoms with van der Waals surface area (Å²) < 4.78 is 1.68. The maximum absolute atomic E-state index is 11.7. The number of hydrogen-bond acceptors (Lipinski definition) is 4. The maximum Gasteiger partial charge on any atom is 0.250 e. The van der Waals surface area contributed by atoms with Gasteiger partial charge in [0.25, 0.3) is 5.56 Å². The lowest BCUT2D eigenvalue weighted by molar-refractivity contribution is 0.215. The molecule has 0 amide bonds. The molecule has 1 atom stereocenters. The highest BCUT2D eigenvalue weighted by Crippen LogP contribution is 2.15. The second-order valence-electron chi connectivity index (χ2n) is 5.53. The fourth-order valence-electron chi connectivity index (χ4n) is 2.66. The maximum atomic E-state index is 11.7. The SMILES string of the molecule is CN(CCn1cc(N)ccc1=O)CC1CCCN1C. The normalized spacial score (nSPS) is 20.3. The molecule has 2 N–H and O–H groups in total. The van der Waals surface area contributed by atoms with Gasteiger partial charge in [-0.25, -0.2) is 0 Å². The molecule has 0 saturated carbocycles. The Morgan fingerprint density at radius 3 is 2.95 bits per heavy atom. The van der Waals surface area contributed by atoms with Crippen molar-refractivity contribution in [3.8, 4) is 0 Å². The van der Waals surface area contributed by atoms with Crippen molar-refractivity contribution in [3.63, 3.8) is 0 Å². The topological polar surface area (TPSA) is 54.5 Å². The number of pyridine rings is 1. The molecule has 1 unspecified atom stereocenters. The van der Waals surface area contributed by atoms with Crippen molar-refractivity contribution in [2.75, 3.05) is 39.5 Å². The molecule has 5 heteroatoms. The second-order valence-corrected chi connectivity index (χ2v) is 5.53. The van der Waals surface area contributed by atoms with E-state index in [0.717, 1.165) is 13.1 Å². The van der Waals surface area contributed by atoms with Crippen LogP contribution in [0.25, 0.3) is 0 Å². The van der Waals surface area contributed by atoms with Crippen LogP contribution in [0.15, 0.2) is 23.1 Å². The lowest BCUT2D eigenvalue weighted by Crippen LogP contribution is -2.38. The van der Waals surface area contributed by atoms with Crippen molar-refractivity contribution >= 4 is 5.69 Å². The van der Waals surface area contributed by atoms with Gasteiger partial charge in [0, 0.05) is 43.6 Å².